The highest BCUT2D eigenvalue weighted by molar-refractivity contribution is 5.98. The van der Waals surface area contributed by atoms with Gasteiger partial charge in [-0.1, -0.05) is 0 Å². The van der Waals surface area contributed by atoms with E-state index in [1.165, 1.54) is 0 Å². The molecular formula is C20H27N3O3. The van der Waals surface area contributed by atoms with Gasteiger partial charge in [0.2, 0.25) is 0 Å². The average molecular weight is 357 g/mol. The number of benzene rings is 1. The molecule has 1 aromatic carbocycles. The molecule has 2 aromatic rings. The van der Waals surface area contributed by atoms with Gasteiger partial charge in [-0.3, -0.25) is 9.69 Å². The van der Waals surface area contributed by atoms with Gasteiger partial charge in [-0.05, 0) is 44.5 Å². The van der Waals surface area contributed by atoms with Gasteiger partial charge in [0.25, 0.3) is 5.91 Å². The highest BCUT2D eigenvalue weighted by Crippen LogP contribution is 2.25. The summed E-state index contributed by atoms with van der Waals surface area (Å²) in [6.45, 7) is 9.03. The molecule has 0 spiro atoms. The van der Waals surface area contributed by atoms with Crippen LogP contribution in [-0.2, 0) is 4.74 Å². The minimum atomic E-state index is 0.0373. The molecule has 2 fully saturated rings. The molecule has 6 heteroatoms. The van der Waals surface area contributed by atoms with Crippen LogP contribution in [0.25, 0.3) is 10.9 Å². The largest absolute Gasteiger partial charge is 0.489 e. The predicted octanol–water partition coefficient (Wildman–Crippen LogP) is 2.50. The zero-order chi connectivity index (χ0) is 18.1. The van der Waals surface area contributed by atoms with Gasteiger partial charge in [0.05, 0.1) is 13.2 Å². The molecule has 1 unspecified atom stereocenters. The highest BCUT2D eigenvalue weighted by Gasteiger charge is 2.26. The van der Waals surface area contributed by atoms with Crippen molar-refractivity contribution in [1.82, 2.24) is 14.8 Å². The number of ether oxygens (including phenoxy) is 2. The van der Waals surface area contributed by atoms with Gasteiger partial charge in [0, 0.05) is 43.1 Å². The molecule has 3 heterocycles. The number of likely N-dealkylation sites (tertiary alicyclic amines) is 1. The quantitative estimate of drug-likeness (QED) is 0.913. The van der Waals surface area contributed by atoms with Crippen LogP contribution in [0.5, 0.6) is 5.75 Å². The second-order valence-corrected chi connectivity index (χ2v) is 7.45. The molecular weight excluding hydrogens is 330 g/mol. The number of fused-ring (bicyclic) bond motifs is 1. The summed E-state index contributed by atoms with van der Waals surface area (Å²) in [5.41, 5.74) is 1.59. The van der Waals surface area contributed by atoms with Crippen molar-refractivity contribution < 1.29 is 14.3 Å². The molecule has 140 valence electrons. The topological polar surface area (TPSA) is 57.8 Å². The number of aromatic amines is 1. The Kier molecular flexibility index (Phi) is 4.87. The molecule has 0 bridgehead atoms. The Morgan fingerprint density at radius 1 is 1.23 bits per heavy atom. The van der Waals surface area contributed by atoms with Gasteiger partial charge >= 0.3 is 0 Å². The Labute approximate surface area is 154 Å². The Balaban J connectivity index is 1.46. The molecule has 2 aliphatic heterocycles. The van der Waals surface area contributed by atoms with Crippen molar-refractivity contribution in [2.75, 3.05) is 39.4 Å². The number of morpholine rings is 1. The van der Waals surface area contributed by atoms with Crippen LogP contribution in [0.15, 0.2) is 24.3 Å². The minimum absolute atomic E-state index is 0.0373. The van der Waals surface area contributed by atoms with Gasteiger partial charge < -0.3 is 19.4 Å². The Hall–Kier alpha value is -2.05. The van der Waals surface area contributed by atoms with Crippen LogP contribution in [0.3, 0.4) is 0 Å². The van der Waals surface area contributed by atoms with Crippen LogP contribution in [0.1, 0.15) is 30.8 Å². The fourth-order valence-electron chi connectivity index (χ4n) is 3.75. The van der Waals surface area contributed by atoms with Crippen molar-refractivity contribution in [3.63, 3.8) is 0 Å². The Bertz CT molecular complexity index is 780. The maximum absolute atomic E-state index is 12.6. The monoisotopic (exact) mass is 357 g/mol. The molecule has 1 amide bonds. The van der Waals surface area contributed by atoms with Crippen molar-refractivity contribution in [2.45, 2.75) is 32.4 Å². The normalized spacial score (nSPS) is 21.7. The van der Waals surface area contributed by atoms with E-state index in [1.54, 1.807) is 0 Å². The Morgan fingerprint density at radius 3 is 2.77 bits per heavy atom. The van der Waals surface area contributed by atoms with E-state index in [1.807, 2.05) is 29.2 Å². The van der Waals surface area contributed by atoms with Crippen LogP contribution < -0.4 is 4.74 Å². The lowest BCUT2D eigenvalue weighted by atomic mass is 10.2. The molecule has 1 aromatic heterocycles. The molecule has 2 aliphatic rings. The van der Waals surface area contributed by atoms with Crippen LogP contribution in [-0.4, -0.2) is 72.2 Å². The first-order valence-electron chi connectivity index (χ1n) is 9.50. The second kappa shape index (κ2) is 7.29. The molecule has 1 atom stereocenters. The van der Waals surface area contributed by atoms with Crippen LogP contribution in [0.2, 0.25) is 0 Å². The number of carbonyl (C=O) groups is 1. The van der Waals surface area contributed by atoms with Crippen molar-refractivity contribution in [1.29, 1.82) is 0 Å². The number of hydrogen-bond donors (Lipinski definition) is 1. The van der Waals surface area contributed by atoms with Crippen LogP contribution in [0, 0.1) is 0 Å². The molecule has 1 N–H and O–H groups in total. The molecule has 0 aliphatic carbocycles. The third-order valence-corrected chi connectivity index (χ3v) is 5.33. The van der Waals surface area contributed by atoms with Crippen molar-refractivity contribution in [2.24, 2.45) is 0 Å². The number of H-pyrrole nitrogens is 1. The fraction of sp³-hybridized carbons (Fsp3) is 0.550. The summed E-state index contributed by atoms with van der Waals surface area (Å²) in [6.07, 6.45) is 1.30. The number of hydrogen-bond acceptors (Lipinski definition) is 4. The van der Waals surface area contributed by atoms with Gasteiger partial charge in [0.1, 0.15) is 17.5 Å². The van der Waals surface area contributed by atoms with Crippen LogP contribution >= 0.6 is 0 Å². The molecule has 26 heavy (non-hydrogen) atoms. The summed E-state index contributed by atoms with van der Waals surface area (Å²) in [7, 11) is 0. The van der Waals surface area contributed by atoms with E-state index in [2.05, 4.69) is 23.7 Å². The van der Waals surface area contributed by atoms with Crippen molar-refractivity contribution >= 4 is 16.8 Å². The first-order chi connectivity index (χ1) is 12.6. The standard InChI is InChI=1S/C20H27N3O3/c1-14(2)23-6-5-17(13-23)26-16-3-4-18-15(11-16)12-19(21-18)20(24)22-7-9-25-10-8-22/h3-4,11-12,14,17,21H,5-10,13H2,1-2H3. The molecule has 0 saturated carbocycles. The maximum Gasteiger partial charge on any atom is 0.270 e. The smallest absolute Gasteiger partial charge is 0.270 e. The predicted molar refractivity (Wildman–Crippen MR) is 101 cm³/mol. The number of nitrogens with zero attached hydrogens (tertiary/aromatic N) is 2. The SMILES string of the molecule is CC(C)N1CCC(Oc2ccc3[nH]c(C(=O)N4CCOCC4)cc3c2)C1. The number of nitrogens with one attached hydrogen (secondary N) is 1. The van der Waals surface area contributed by atoms with Crippen molar-refractivity contribution in [3.8, 4) is 5.75 Å². The summed E-state index contributed by atoms with van der Waals surface area (Å²) in [5, 5.41) is 1.01. The fourth-order valence-corrected chi connectivity index (χ4v) is 3.75. The number of amides is 1. The lowest BCUT2D eigenvalue weighted by Gasteiger charge is -2.26. The Morgan fingerprint density at radius 2 is 2.04 bits per heavy atom. The maximum atomic E-state index is 12.6. The number of rotatable bonds is 4. The van der Waals surface area contributed by atoms with E-state index >= 15 is 0 Å². The van der Waals surface area contributed by atoms with Gasteiger partial charge in [0.15, 0.2) is 0 Å². The minimum Gasteiger partial charge on any atom is -0.489 e. The van der Waals surface area contributed by atoms with Gasteiger partial charge in [-0.15, -0.1) is 0 Å². The lowest BCUT2D eigenvalue weighted by Crippen LogP contribution is -2.40. The third-order valence-electron chi connectivity index (χ3n) is 5.33. The summed E-state index contributed by atoms with van der Waals surface area (Å²) in [5.74, 6) is 0.910. The molecule has 2 saturated heterocycles. The third kappa shape index (κ3) is 3.57. The van der Waals surface area contributed by atoms with E-state index in [9.17, 15) is 4.79 Å². The molecule has 6 nitrogen and oxygen atoms in total. The number of carbonyl (C=O) groups excluding carboxylic acids is 1. The van der Waals surface area contributed by atoms with Gasteiger partial charge in [-0.2, -0.15) is 0 Å². The van der Waals surface area contributed by atoms with Gasteiger partial charge in [-0.25, -0.2) is 0 Å². The number of aromatic nitrogens is 1. The van der Waals surface area contributed by atoms with Crippen molar-refractivity contribution in [3.05, 3.63) is 30.0 Å². The van der Waals surface area contributed by atoms with E-state index < -0.39 is 0 Å². The van der Waals surface area contributed by atoms with E-state index in [4.69, 9.17) is 9.47 Å². The average Bonchev–Trinajstić information content (AvgIpc) is 3.28. The van der Waals surface area contributed by atoms with E-state index in [-0.39, 0.29) is 12.0 Å². The lowest BCUT2D eigenvalue weighted by molar-refractivity contribution is 0.0299. The van der Waals surface area contributed by atoms with Crippen LogP contribution in [0.4, 0.5) is 0 Å². The molecule has 4 rings (SSSR count). The summed E-state index contributed by atoms with van der Waals surface area (Å²) in [6, 6.07) is 8.50. The zero-order valence-electron chi connectivity index (χ0n) is 15.5. The summed E-state index contributed by atoms with van der Waals surface area (Å²) in [4.78, 5) is 20.2. The summed E-state index contributed by atoms with van der Waals surface area (Å²) >= 11 is 0. The zero-order valence-corrected chi connectivity index (χ0v) is 15.5. The van der Waals surface area contributed by atoms with E-state index in [0.29, 0.717) is 38.0 Å². The van der Waals surface area contributed by atoms with E-state index in [0.717, 1.165) is 36.2 Å². The second-order valence-electron chi connectivity index (χ2n) is 7.45. The summed E-state index contributed by atoms with van der Waals surface area (Å²) < 4.78 is 11.5. The highest BCUT2D eigenvalue weighted by atomic mass is 16.5. The first-order valence-corrected chi connectivity index (χ1v) is 9.50. The first kappa shape index (κ1) is 17.4. The molecule has 0 radical (unpaired) electrons.